The minimum Gasteiger partial charge on any atom is -0.361 e. The lowest BCUT2D eigenvalue weighted by atomic mass is 10.0. The van der Waals surface area contributed by atoms with Gasteiger partial charge < -0.3 is 4.90 Å². The molecule has 1 aliphatic rings. The minimum absolute atomic E-state index is 0.236. The zero-order chi connectivity index (χ0) is 22.7. The highest BCUT2D eigenvalue weighted by Crippen LogP contribution is 2.37. The van der Waals surface area contributed by atoms with Crippen molar-refractivity contribution in [2.45, 2.75) is 6.04 Å². The molecule has 166 valence electrons. The summed E-state index contributed by atoms with van der Waals surface area (Å²) in [6.07, 6.45) is 1.62. The number of benzene rings is 3. The molecule has 0 bridgehead atoms. The third-order valence-corrected chi connectivity index (χ3v) is 7.73. The lowest BCUT2D eigenvalue weighted by molar-refractivity contribution is 0.339. The molecule has 4 nitrogen and oxygen atoms in total. The molecule has 4 rings (SSSR count). The normalized spacial score (nSPS) is 17.7. The standard InChI is InChI=1S/C24H21Cl3N2O2S/c25-20-8-6-19(7-9-20)24-17-28(32(30,31)15-12-18-4-2-1-3-5-18)13-14-29(24)23-11-10-21(26)16-22(23)27/h1-12,15-16,24H,13-14,17H2. The summed E-state index contributed by atoms with van der Waals surface area (Å²) >= 11 is 18.7. The number of hydrogen-bond acceptors (Lipinski definition) is 3. The number of nitrogens with zero attached hydrogens (tertiary/aromatic N) is 2. The Morgan fingerprint density at radius 1 is 0.844 bits per heavy atom. The Labute approximate surface area is 203 Å². The molecule has 0 aromatic heterocycles. The Hall–Kier alpha value is -2.02. The Kier molecular flexibility index (Phi) is 7.13. The van der Waals surface area contributed by atoms with Gasteiger partial charge in [-0.1, -0.05) is 77.3 Å². The zero-order valence-electron chi connectivity index (χ0n) is 17.0. The lowest BCUT2D eigenvalue weighted by Gasteiger charge is -2.42. The second-order valence-corrected chi connectivity index (χ2v) is 10.6. The van der Waals surface area contributed by atoms with Crippen LogP contribution < -0.4 is 4.90 Å². The van der Waals surface area contributed by atoms with Gasteiger partial charge in [0.1, 0.15) is 0 Å². The fraction of sp³-hybridized carbons (Fsp3) is 0.167. The van der Waals surface area contributed by atoms with Crippen molar-refractivity contribution in [3.05, 3.63) is 104 Å². The van der Waals surface area contributed by atoms with Crippen LogP contribution in [-0.4, -0.2) is 32.4 Å². The van der Waals surface area contributed by atoms with Crippen molar-refractivity contribution in [2.24, 2.45) is 0 Å². The minimum atomic E-state index is -3.61. The van der Waals surface area contributed by atoms with E-state index in [0.29, 0.717) is 28.2 Å². The van der Waals surface area contributed by atoms with Crippen molar-refractivity contribution in [3.63, 3.8) is 0 Å². The zero-order valence-corrected chi connectivity index (χ0v) is 20.1. The van der Waals surface area contributed by atoms with Crippen molar-refractivity contribution in [1.29, 1.82) is 0 Å². The molecule has 0 aliphatic carbocycles. The van der Waals surface area contributed by atoms with E-state index >= 15 is 0 Å². The Morgan fingerprint density at radius 3 is 2.22 bits per heavy atom. The highest BCUT2D eigenvalue weighted by Gasteiger charge is 2.34. The quantitative estimate of drug-likeness (QED) is 0.395. The van der Waals surface area contributed by atoms with Gasteiger partial charge in [-0.05, 0) is 47.5 Å². The van der Waals surface area contributed by atoms with E-state index in [1.807, 2.05) is 48.5 Å². The van der Waals surface area contributed by atoms with E-state index in [-0.39, 0.29) is 12.6 Å². The monoisotopic (exact) mass is 506 g/mol. The van der Waals surface area contributed by atoms with Gasteiger partial charge in [0.15, 0.2) is 0 Å². The Morgan fingerprint density at radius 2 is 1.53 bits per heavy atom. The molecular formula is C24H21Cl3N2O2S. The molecule has 1 aliphatic heterocycles. The third-order valence-electron chi connectivity index (χ3n) is 5.41. The molecule has 1 heterocycles. The largest absolute Gasteiger partial charge is 0.361 e. The maximum atomic E-state index is 13.1. The van der Waals surface area contributed by atoms with E-state index in [9.17, 15) is 8.42 Å². The van der Waals surface area contributed by atoms with E-state index in [4.69, 9.17) is 34.8 Å². The molecule has 32 heavy (non-hydrogen) atoms. The van der Waals surface area contributed by atoms with Gasteiger partial charge in [-0.25, -0.2) is 8.42 Å². The first-order chi connectivity index (χ1) is 15.3. The van der Waals surface area contributed by atoms with E-state index < -0.39 is 10.0 Å². The van der Waals surface area contributed by atoms with Crippen LogP contribution in [-0.2, 0) is 10.0 Å². The van der Waals surface area contributed by atoms with Crippen LogP contribution in [0.2, 0.25) is 15.1 Å². The molecule has 1 unspecified atom stereocenters. The summed E-state index contributed by atoms with van der Waals surface area (Å²) in [7, 11) is -3.61. The number of rotatable bonds is 5. The van der Waals surface area contributed by atoms with Gasteiger partial charge in [-0.3, -0.25) is 0 Å². The van der Waals surface area contributed by atoms with Crippen LogP contribution in [0.25, 0.3) is 6.08 Å². The second kappa shape index (κ2) is 9.86. The molecule has 1 fully saturated rings. The van der Waals surface area contributed by atoms with Crippen molar-refractivity contribution in [1.82, 2.24) is 4.31 Å². The summed E-state index contributed by atoms with van der Waals surface area (Å²) in [6, 6.07) is 21.9. The average molecular weight is 508 g/mol. The summed E-state index contributed by atoms with van der Waals surface area (Å²) in [5.74, 6) is 0. The van der Waals surface area contributed by atoms with Crippen LogP contribution in [0.1, 0.15) is 17.2 Å². The van der Waals surface area contributed by atoms with E-state index in [1.54, 1.807) is 30.3 Å². The third kappa shape index (κ3) is 5.30. The summed E-state index contributed by atoms with van der Waals surface area (Å²) in [5.41, 5.74) is 2.59. The first-order valence-electron chi connectivity index (χ1n) is 10.0. The van der Waals surface area contributed by atoms with Gasteiger partial charge in [0.05, 0.1) is 16.8 Å². The van der Waals surface area contributed by atoms with Crippen molar-refractivity contribution >= 4 is 56.6 Å². The fourth-order valence-electron chi connectivity index (χ4n) is 3.78. The SMILES string of the molecule is O=S(=O)(C=Cc1ccccc1)N1CCN(c2ccc(Cl)cc2Cl)C(c2ccc(Cl)cc2)C1. The van der Waals surface area contributed by atoms with Gasteiger partial charge in [-0.15, -0.1) is 0 Å². The molecule has 1 saturated heterocycles. The van der Waals surface area contributed by atoms with Crippen LogP contribution in [0.4, 0.5) is 5.69 Å². The van der Waals surface area contributed by atoms with E-state index in [1.165, 1.54) is 9.71 Å². The topological polar surface area (TPSA) is 40.6 Å². The van der Waals surface area contributed by atoms with Crippen molar-refractivity contribution in [2.75, 3.05) is 24.5 Å². The number of halogens is 3. The van der Waals surface area contributed by atoms with E-state index in [2.05, 4.69) is 4.90 Å². The Bertz CT molecular complexity index is 1220. The molecule has 0 radical (unpaired) electrons. The van der Waals surface area contributed by atoms with Gasteiger partial charge >= 0.3 is 0 Å². The predicted octanol–water partition coefficient (Wildman–Crippen LogP) is 6.51. The molecule has 1 atom stereocenters. The van der Waals surface area contributed by atoms with E-state index in [0.717, 1.165) is 16.8 Å². The molecule has 0 amide bonds. The van der Waals surface area contributed by atoms with Crippen LogP contribution in [0.5, 0.6) is 0 Å². The molecule has 8 heteroatoms. The van der Waals surface area contributed by atoms with Gasteiger partial charge in [0.25, 0.3) is 0 Å². The number of anilines is 1. The van der Waals surface area contributed by atoms with Crippen LogP contribution in [0.3, 0.4) is 0 Å². The van der Waals surface area contributed by atoms with Crippen molar-refractivity contribution in [3.8, 4) is 0 Å². The predicted molar refractivity (Wildman–Crippen MR) is 134 cm³/mol. The van der Waals surface area contributed by atoms with Gasteiger partial charge in [0.2, 0.25) is 10.0 Å². The second-order valence-electron chi connectivity index (χ2n) is 7.47. The molecule has 3 aromatic carbocycles. The summed E-state index contributed by atoms with van der Waals surface area (Å²) < 4.78 is 27.7. The number of piperazine rings is 1. The maximum absolute atomic E-state index is 13.1. The first kappa shape index (κ1) is 23.1. The first-order valence-corrected chi connectivity index (χ1v) is 12.7. The molecule has 0 saturated carbocycles. The highest BCUT2D eigenvalue weighted by atomic mass is 35.5. The maximum Gasteiger partial charge on any atom is 0.236 e. The summed E-state index contributed by atoms with van der Waals surface area (Å²) in [6.45, 7) is 1.10. The summed E-state index contributed by atoms with van der Waals surface area (Å²) in [5, 5.41) is 2.97. The van der Waals surface area contributed by atoms with Gasteiger partial charge in [-0.2, -0.15) is 4.31 Å². The highest BCUT2D eigenvalue weighted by molar-refractivity contribution is 7.92. The van der Waals surface area contributed by atoms with Crippen LogP contribution in [0.15, 0.2) is 78.2 Å². The van der Waals surface area contributed by atoms with Crippen LogP contribution in [0, 0.1) is 0 Å². The van der Waals surface area contributed by atoms with Gasteiger partial charge in [0, 0.05) is 35.1 Å². The average Bonchev–Trinajstić information content (AvgIpc) is 2.79. The molecule has 0 N–H and O–H groups in total. The molecular weight excluding hydrogens is 487 g/mol. The molecule has 3 aromatic rings. The van der Waals surface area contributed by atoms with Crippen LogP contribution >= 0.6 is 34.8 Å². The molecule has 0 spiro atoms. The Balaban J connectivity index is 1.65. The smallest absolute Gasteiger partial charge is 0.236 e. The summed E-state index contributed by atoms with van der Waals surface area (Å²) in [4.78, 5) is 2.12. The number of sulfonamides is 1. The number of hydrogen-bond donors (Lipinski definition) is 0. The fourth-order valence-corrected chi connectivity index (χ4v) is 5.61. The van der Waals surface area contributed by atoms with Crippen molar-refractivity contribution < 1.29 is 8.42 Å². The lowest BCUT2D eigenvalue weighted by Crippen LogP contribution is -2.50.